The van der Waals surface area contributed by atoms with Crippen LogP contribution < -0.4 is 11.1 Å². The zero-order valence-electron chi connectivity index (χ0n) is 8.95. The molecule has 4 nitrogen and oxygen atoms in total. The Morgan fingerprint density at radius 1 is 1.53 bits per heavy atom. The van der Waals surface area contributed by atoms with E-state index in [4.69, 9.17) is 10.8 Å². The van der Waals surface area contributed by atoms with Crippen LogP contribution in [0.4, 0.5) is 5.69 Å². The van der Waals surface area contributed by atoms with E-state index in [0.29, 0.717) is 0 Å². The molecule has 0 radical (unpaired) electrons. The van der Waals surface area contributed by atoms with Gasteiger partial charge in [-0.1, -0.05) is 12.1 Å². The van der Waals surface area contributed by atoms with Gasteiger partial charge in [-0.25, -0.2) is 0 Å². The average molecular weight is 208 g/mol. The van der Waals surface area contributed by atoms with Crippen LogP contribution in [0.5, 0.6) is 0 Å². The largest absolute Gasteiger partial charge is 0.394 e. The molecule has 4 N–H and O–H groups in total. The number of benzene rings is 1. The molecule has 0 saturated heterocycles. The first-order valence-electron chi connectivity index (χ1n) is 4.79. The number of aliphatic hydroxyl groups excluding tert-OH is 1. The number of amides is 1. The Morgan fingerprint density at radius 2 is 2.20 bits per heavy atom. The summed E-state index contributed by atoms with van der Waals surface area (Å²) in [5.74, 6) is -0.369. The number of hydrogen-bond acceptors (Lipinski definition) is 3. The number of rotatable bonds is 3. The van der Waals surface area contributed by atoms with Crippen molar-refractivity contribution in [3.63, 3.8) is 0 Å². The molecule has 0 aliphatic carbocycles. The first kappa shape index (κ1) is 11.7. The summed E-state index contributed by atoms with van der Waals surface area (Å²) in [6, 6.07) is 4.77. The molecule has 0 saturated carbocycles. The van der Waals surface area contributed by atoms with E-state index >= 15 is 0 Å². The van der Waals surface area contributed by atoms with Crippen molar-refractivity contribution in [2.45, 2.75) is 19.9 Å². The van der Waals surface area contributed by atoms with Gasteiger partial charge in [-0.3, -0.25) is 4.79 Å². The van der Waals surface area contributed by atoms with Crippen molar-refractivity contribution >= 4 is 11.6 Å². The van der Waals surface area contributed by atoms with E-state index in [0.717, 1.165) is 16.8 Å². The van der Waals surface area contributed by atoms with Gasteiger partial charge in [0.2, 0.25) is 5.91 Å². The highest BCUT2D eigenvalue weighted by molar-refractivity contribution is 5.95. The fourth-order valence-corrected chi connectivity index (χ4v) is 1.19. The van der Waals surface area contributed by atoms with Gasteiger partial charge in [0, 0.05) is 5.69 Å². The standard InChI is InChI=1S/C11H16N2O2/c1-7-4-3-5-10(8(7)2)13-11(15)9(12)6-14/h3-5,9,14H,6,12H2,1-2H3,(H,13,15). The number of nitrogens with two attached hydrogens (primary N) is 1. The Kier molecular flexibility index (Phi) is 3.82. The summed E-state index contributed by atoms with van der Waals surface area (Å²) in [5.41, 5.74) is 8.24. The van der Waals surface area contributed by atoms with Crippen molar-refractivity contribution in [3.05, 3.63) is 29.3 Å². The van der Waals surface area contributed by atoms with Gasteiger partial charge in [0.1, 0.15) is 6.04 Å². The minimum absolute atomic E-state index is 0.350. The third kappa shape index (κ3) is 2.78. The molecule has 4 heteroatoms. The van der Waals surface area contributed by atoms with Gasteiger partial charge in [-0.15, -0.1) is 0 Å². The molecule has 1 unspecified atom stereocenters. The summed E-state index contributed by atoms with van der Waals surface area (Å²) in [6.07, 6.45) is 0. The van der Waals surface area contributed by atoms with Crippen molar-refractivity contribution in [1.29, 1.82) is 0 Å². The number of nitrogens with one attached hydrogen (secondary N) is 1. The molecule has 82 valence electrons. The van der Waals surface area contributed by atoms with Crippen LogP contribution in [0, 0.1) is 13.8 Å². The van der Waals surface area contributed by atoms with E-state index in [-0.39, 0.29) is 12.5 Å². The van der Waals surface area contributed by atoms with E-state index in [1.165, 1.54) is 0 Å². The molecule has 1 amide bonds. The Bertz CT molecular complexity index is 364. The number of carbonyl (C=O) groups is 1. The fourth-order valence-electron chi connectivity index (χ4n) is 1.19. The van der Waals surface area contributed by atoms with Gasteiger partial charge < -0.3 is 16.2 Å². The maximum Gasteiger partial charge on any atom is 0.243 e. The highest BCUT2D eigenvalue weighted by atomic mass is 16.3. The summed E-state index contributed by atoms with van der Waals surface area (Å²) in [7, 11) is 0. The first-order valence-corrected chi connectivity index (χ1v) is 4.79. The van der Waals surface area contributed by atoms with Crippen molar-refractivity contribution in [2.24, 2.45) is 5.73 Å². The van der Waals surface area contributed by atoms with Crippen LogP contribution in [0.25, 0.3) is 0 Å². The second-order valence-electron chi connectivity index (χ2n) is 3.53. The van der Waals surface area contributed by atoms with Gasteiger partial charge in [-0.05, 0) is 31.0 Å². The molecule has 1 aromatic carbocycles. The lowest BCUT2D eigenvalue weighted by molar-refractivity contribution is -0.118. The van der Waals surface area contributed by atoms with Crippen LogP contribution in [-0.2, 0) is 4.79 Å². The van der Waals surface area contributed by atoms with Gasteiger partial charge >= 0.3 is 0 Å². The number of anilines is 1. The number of aryl methyl sites for hydroxylation is 1. The zero-order valence-corrected chi connectivity index (χ0v) is 8.95. The maximum absolute atomic E-state index is 11.4. The van der Waals surface area contributed by atoms with Crippen molar-refractivity contribution < 1.29 is 9.90 Å². The SMILES string of the molecule is Cc1cccc(NC(=O)C(N)CO)c1C. The van der Waals surface area contributed by atoms with E-state index in [9.17, 15) is 4.79 Å². The van der Waals surface area contributed by atoms with Crippen LogP contribution in [0.2, 0.25) is 0 Å². The van der Waals surface area contributed by atoms with Gasteiger partial charge in [0.25, 0.3) is 0 Å². The second kappa shape index (κ2) is 4.91. The fraction of sp³-hybridized carbons (Fsp3) is 0.364. The Balaban J connectivity index is 2.81. The van der Waals surface area contributed by atoms with Crippen LogP contribution in [0.3, 0.4) is 0 Å². The lowest BCUT2D eigenvalue weighted by Crippen LogP contribution is -2.38. The van der Waals surface area contributed by atoms with E-state index in [2.05, 4.69) is 5.32 Å². The summed E-state index contributed by atoms with van der Waals surface area (Å²) in [4.78, 5) is 11.4. The average Bonchev–Trinajstić information content (AvgIpc) is 2.23. The second-order valence-corrected chi connectivity index (χ2v) is 3.53. The van der Waals surface area contributed by atoms with Crippen LogP contribution in [-0.4, -0.2) is 23.7 Å². The van der Waals surface area contributed by atoms with Gasteiger partial charge in [-0.2, -0.15) is 0 Å². The highest BCUT2D eigenvalue weighted by Gasteiger charge is 2.13. The zero-order chi connectivity index (χ0) is 11.4. The lowest BCUT2D eigenvalue weighted by atomic mass is 10.1. The maximum atomic E-state index is 11.4. The lowest BCUT2D eigenvalue weighted by Gasteiger charge is -2.12. The molecular weight excluding hydrogens is 192 g/mol. The van der Waals surface area contributed by atoms with E-state index in [1.54, 1.807) is 0 Å². The normalized spacial score (nSPS) is 12.3. The van der Waals surface area contributed by atoms with Gasteiger partial charge in [0.05, 0.1) is 6.61 Å². The third-order valence-electron chi connectivity index (χ3n) is 2.40. The molecule has 0 heterocycles. The molecule has 0 aliphatic heterocycles. The monoisotopic (exact) mass is 208 g/mol. The molecule has 0 bridgehead atoms. The molecule has 0 fully saturated rings. The number of hydrogen-bond donors (Lipinski definition) is 3. The summed E-state index contributed by atoms with van der Waals surface area (Å²) in [5, 5.41) is 11.4. The molecule has 0 aliphatic rings. The summed E-state index contributed by atoms with van der Waals surface area (Å²) in [6.45, 7) is 3.54. The minimum Gasteiger partial charge on any atom is -0.394 e. The molecule has 1 aromatic rings. The topological polar surface area (TPSA) is 75.4 Å². The first-order chi connectivity index (χ1) is 7.06. The van der Waals surface area contributed by atoms with Crippen LogP contribution >= 0.6 is 0 Å². The van der Waals surface area contributed by atoms with Crippen molar-refractivity contribution in [1.82, 2.24) is 0 Å². The molecule has 15 heavy (non-hydrogen) atoms. The minimum atomic E-state index is -0.870. The summed E-state index contributed by atoms with van der Waals surface area (Å²) >= 11 is 0. The molecule has 0 spiro atoms. The number of aliphatic hydroxyl groups is 1. The van der Waals surface area contributed by atoms with Crippen LogP contribution in [0.1, 0.15) is 11.1 Å². The van der Waals surface area contributed by atoms with Crippen LogP contribution in [0.15, 0.2) is 18.2 Å². The summed E-state index contributed by atoms with van der Waals surface area (Å²) < 4.78 is 0. The Hall–Kier alpha value is -1.39. The highest BCUT2D eigenvalue weighted by Crippen LogP contribution is 2.17. The van der Waals surface area contributed by atoms with Crippen molar-refractivity contribution in [2.75, 3.05) is 11.9 Å². The van der Waals surface area contributed by atoms with Gasteiger partial charge in [0.15, 0.2) is 0 Å². The molecular formula is C11H16N2O2. The van der Waals surface area contributed by atoms with Crippen molar-refractivity contribution in [3.8, 4) is 0 Å². The molecule has 1 rings (SSSR count). The smallest absolute Gasteiger partial charge is 0.243 e. The third-order valence-corrected chi connectivity index (χ3v) is 2.40. The Labute approximate surface area is 89.1 Å². The Morgan fingerprint density at radius 3 is 2.80 bits per heavy atom. The molecule has 0 aromatic heterocycles. The quantitative estimate of drug-likeness (QED) is 0.679. The van der Waals surface area contributed by atoms with E-state index in [1.807, 2.05) is 32.0 Å². The number of carbonyl (C=O) groups excluding carboxylic acids is 1. The predicted octanol–water partition coefficient (Wildman–Crippen LogP) is 0.562. The van der Waals surface area contributed by atoms with E-state index < -0.39 is 6.04 Å². The molecule has 1 atom stereocenters. The predicted molar refractivity (Wildman–Crippen MR) is 59.6 cm³/mol.